The van der Waals surface area contributed by atoms with Gasteiger partial charge in [-0.15, -0.1) is 0 Å². The van der Waals surface area contributed by atoms with Crippen LogP contribution in [0.1, 0.15) is 6.42 Å². The Morgan fingerprint density at radius 3 is 3.20 bits per heavy atom. The Kier molecular flexibility index (Phi) is 1.11. The Bertz CT molecular complexity index is 240. The molecule has 0 radical (unpaired) electrons. The third kappa shape index (κ3) is 0.675. The average molecular weight is 136 g/mol. The van der Waals surface area contributed by atoms with Crippen molar-refractivity contribution in [2.45, 2.75) is 6.42 Å². The number of carbonyl (C=O) groups excluding carboxylic acids is 1. The summed E-state index contributed by atoms with van der Waals surface area (Å²) in [6.45, 7) is 0.797. The lowest BCUT2D eigenvalue weighted by atomic mass is 10.0. The quantitative estimate of drug-likeness (QED) is 0.487. The minimum atomic E-state index is 0.0891. The fraction of sp³-hybridized carbons (Fsp3) is 0.286. The van der Waals surface area contributed by atoms with Gasteiger partial charge in [0.05, 0.1) is 5.70 Å². The van der Waals surface area contributed by atoms with Gasteiger partial charge in [0.1, 0.15) is 0 Å². The highest BCUT2D eigenvalue weighted by Gasteiger charge is 2.19. The van der Waals surface area contributed by atoms with Gasteiger partial charge < -0.3 is 5.43 Å². The van der Waals surface area contributed by atoms with Crippen molar-refractivity contribution in [2.24, 2.45) is 0 Å². The second-order valence-corrected chi connectivity index (χ2v) is 2.43. The van der Waals surface area contributed by atoms with Crippen LogP contribution in [0.4, 0.5) is 0 Å². The van der Waals surface area contributed by atoms with E-state index in [9.17, 15) is 4.79 Å². The summed E-state index contributed by atoms with van der Waals surface area (Å²) in [7, 11) is 0. The highest BCUT2D eigenvalue weighted by Crippen LogP contribution is 2.16. The van der Waals surface area contributed by atoms with Crippen molar-refractivity contribution in [1.29, 1.82) is 0 Å². The normalized spacial score (nSPS) is 23.0. The molecule has 0 saturated heterocycles. The lowest BCUT2D eigenvalue weighted by Gasteiger charge is -2.04. The number of nitrogens with one attached hydrogen (secondary N) is 2. The van der Waals surface area contributed by atoms with E-state index in [1.807, 2.05) is 6.08 Å². The number of ketones is 1. The summed E-state index contributed by atoms with van der Waals surface area (Å²) < 4.78 is 0. The van der Waals surface area contributed by atoms with Crippen LogP contribution in [0.25, 0.3) is 0 Å². The molecule has 10 heavy (non-hydrogen) atoms. The number of rotatable bonds is 0. The zero-order chi connectivity index (χ0) is 6.97. The van der Waals surface area contributed by atoms with E-state index in [0.717, 1.165) is 18.7 Å². The monoisotopic (exact) mass is 136 g/mol. The topological polar surface area (TPSA) is 41.1 Å². The summed E-state index contributed by atoms with van der Waals surface area (Å²) in [6, 6.07) is 0. The van der Waals surface area contributed by atoms with Crippen molar-refractivity contribution in [2.75, 3.05) is 6.54 Å². The maximum Gasteiger partial charge on any atom is 0.202 e. The maximum absolute atomic E-state index is 11.0. The van der Waals surface area contributed by atoms with Crippen LogP contribution in [0, 0.1) is 0 Å². The molecular weight excluding hydrogens is 128 g/mol. The molecule has 0 aromatic rings. The fourth-order valence-corrected chi connectivity index (χ4v) is 1.22. The van der Waals surface area contributed by atoms with Crippen molar-refractivity contribution < 1.29 is 4.79 Å². The molecule has 1 heterocycles. The van der Waals surface area contributed by atoms with E-state index in [4.69, 9.17) is 0 Å². The Balaban J connectivity index is 2.35. The number of hydrogen-bond donors (Lipinski definition) is 2. The SMILES string of the molecule is O=C1C=CCC2=C1NNC2. The minimum Gasteiger partial charge on any atom is -0.318 e. The predicted molar refractivity (Wildman–Crippen MR) is 36.9 cm³/mol. The van der Waals surface area contributed by atoms with Gasteiger partial charge >= 0.3 is 0 Å². The molecule has 1 aliphatic heterocycles. The van der Waals surface area contributed by atoms with Crippen LogP contribution in [0.15, 0.2) is 23.4 Å². The Hall–Kier alpha value is -1.09. The molecule has 0 fully saturated rings. The van der Waals surface area contributed by atoms with E-state index in [1.165, 1.54) is 5.57 Å². The van der Waals surface area contributed by atoms with Crippen LogP contribution in [0.2, 0.25) is 0 Å². The molecule has 3 heteroatoms. The Morgan fingerprint density at radius 2 is 2.40 bits per heavy atom. The first kappa shape index (κ1) is 5.68. The molecule has 52 valence electrons. The number of hydrogen-bond acceptors (Lipinski definition) is 3. The van der Waals surface area contributed by atoms with Gasteiger partial charge in [-0.05, 0) is 18.1 Å². The predicted octanol–water partition coefficient (Wildman–Crippen LogP) is -0.123. The summed E-state index contributed by atoms with van der Waals surface area (Å²) >= 11 is 0. The molecule has 0 amide bonds. The van der Waals surface area contributed by atoms with Crippen LogP contribution in [-0.4, -0.2) is 12.3 Å². The van der Waals surface area contributed by atoms with Gasteiger partial charge in [-0.3, -0.25) is 4.79 Å². The first-order valence-corrected chi connectivity index (χ1v) is 3.30. The number of hydrazine groups is 1. The van der Waals surface area contributed by atoms with Gasteiger partial charge in [-0.25, -0.2) is 5.43 Å². The van der Waals surface area contributed by atoms with Crippen LogP contribution < -0.4 is 10.9 Å². The van der Waals surface area contributed by atoms with E-state index in [0.29, 0.717) is 0 Å². The molecule has 1 aliphatic carbocycles. The van der Waals surface area contributed by atoms with E-state index >= 15 is 0 Å². The molecule has 0 atom stereocenters. The van der Waals surface area contributed by atoms with Crippen molar-refractivity contribution in [1.82, 2.24) is 10.9 Å². The molecule has 0 bridgehead atoms. The van der Waals surface area contributed by atoms with Crippen LogP contribution in [0.3, 0.4) is 0 Å². The molecule has 0 aromatic heterocycles. The fourth-order valence-electron chi connectivity index (χ4n) is 1.22. The maximum atomic E-state index is 11.0. The molecule has 2 N–H and O–H groups in total. The second kappa shape index (κ2) is 1.95. The summed E-state index contributed by atoms with van der Waals surface area (Å²) in [5, 5.41) is 0. The van der Waals surface area contributed by atoms with Gasteiger partial charge in [0.15, 0.2) is 0 Å². The Morgan fingerprint density at radius 1 is 1.50 bits per heavy atom. The molecular formula is C7H8N2O. The molecule has 0 aromatic carbocycles. The molecule has 2 aliphatic rings. The number of carbonyl (C=O) groups is 1. The second-order valence-electron chi connectivity index (χ2n) is 2.43. The highest BCUT2D eigenvalue weighted by atomic mass is 16.1. The van der Waals surface area contributed by atoms with Crippen molar-refractivity contribution in [3.05, 3.63) is 23.4 Å². The smallest absolute Gasteiger partial charge is 0.202 e. The first-order chi connectivity index (χ1) is 4.88. The highest BCUT2D eigenvalue weighted by molar-refractivity contribution is 6.05. The third-order valence-electron chi connectivity index (χ3n) is 1.75. The Labute approximate surface area is 58.8 Å². The van der Waals surface area contributed by atoms with Gasteiger partial charge in [0.2, 0.25) is 5.78 Å². The third-order valence-corrected chi connectivity index (χ3v) is 1.75. The summed E-state index contributed by atoms with van der Waals surface area (Å²) in [6.07, 6.45) is 4.41. The zero-order valence-corrected chi connectivity index (χ0v) is 5.48. The van der Waals surface area contributed by atoms with Crippen LogP contribution in [-0.2, 0) is 4.79 Å². The summed E-state index contributed by atoms with van der Waals surface area (Å²) in [4.78, 5) is 11.0. The lowest BCUT2D eigenvalue weighted by molar-refractivity contribution is -0.111. The summed E-state index contributed by atoms with van der Waals surface area (Å²) in [5.41, 5.74) is 7.67. The average Bonchev–Trinajstić information content (AvgIpc) is 2.36. The summed E-state index contributed by atoms with van der Waals surface area (Å²) in [5.74, 6) is 0.0891. The number of allylic oxidation sites excluding steroid dienone is 2. The van der Waals surface area contributed by atoms with Gasteiger partial charge in [0.25, 0.3) is 0 Å². The van der Waals surface area contributed by atoms with Gasteiger partial charge in [0, 0.05) is 6.54 Å². The molecule has 3 nitrogen and oxygen atoms in total. The van der Waals surface area contributed by atoms with E-state index in [2.05, 4.69) is 10.9 Å². The van der Waals surface area contributed by atoms with E-state index in [-0.39, 0.29) is 5.78 Å². The molecule has 0 spiro atoms. The van der Waals surface area contributed by atoms with E-state index in [1.54, 1.807) is 6.08 Å². The lowest BCUT2D eigenvalue weighted by Crippen LogP contribution is -2.26. The van der Waals surface area contributed by atoms with Crippen LogP contribution >= 0.6 is 0 Å². The minimum absolute atomic E-state index is 0.0891. The van der Waals surface area contributed by atoms with Gasteiger partial charge in [-0.1, -0.05) is 6.08 Å². The van der Waals surface area contributed by atoms with Crippen molar-refractivity contribution >= 4 is 5.78 Å². The first-order valence-electron chi connectivity index (χ1n) is 3.30. The van der Waals surface area contributed by atoms with Gasteiger partial charge in [-0.2, -0.15) is 0 Å². The molecule has 2 rings (SSSR count). The van der Waals surface area contributed by atoms with Crippen molar-refractivity contribution in [3.8, 4) is 0 Å². The van der Waals surface area contributed by atoms with Crippen molar-refractivity contribution in [3.63, 3.8) is 0 Å². The molecule has 0 unspecified atom stereocenters. The zero-order valence-electron chi connectivity index (χ0n) is 5.48. The van der Waals surface area contributed by atoms with Crippen LogP contribution in [0.5, 0.6) is 0 Å². The largest absolute Gasteiger partial charge is 0.318 e. The molecule has 0 saturated carbocycles. The standard InChI is InChI=1S/C7H8N2O/c10-6-3-1-2-5-4-8-9-7(5)6/h1,3,8-9H,2,4H2. The van der Waals surface area contributed by atoms with E-state index < -0.39 is 0 Å².